The molecule has 1 spiro atoms. The Morgan fingerprint density at radius 2 is 1.79 bits per heavy atom. The van der Waals surface area contributed by atoms with Gasteiger partial charge in [0.2, 0.25) is 0 Å². The van der Waals surface area contributed by atoms with Gasteiger partial charge >= 0.3 is 0 Å². The standard InChI is InChI=1S/C12H21NO/c14-7-6-11(4-5-11)8-13-9-12(10-13)2-1-3-12/h14H,1-10H2. The van der Waals surface area contributed by atoms with Crippen molar-refractivity contribution in [2.24, 2.45) is 10.8 Å². The number of hydrogen-bond acceptors (Lipinski definition) is 2. The first-order chi connectivity index (χ1) is 6.76. The summed E-state index contributed by atoms with van der Waals surface area (Å²) in [5.74, 6) is 0. The Hall–Kier alpha value is -0.0800. The van der Waals surface area contributed by atoms with Crippen molar-refractivity contribution in [1.29, 1.82) is 0 Å². The third-order valence-corrected chi connectivity index (χ3v) is 4.69. The molecular formula is C12H21NO. The van der Waals surface area contributed by atoms with Gasteiger partial charge in [-0.05, 0) is 42.9 Å². The van der Waals surface area contributed by atoms with Gasteiger partial charge in [-0.3, -0.25) is 0 Å². The molecule has 14 heavy (non-hydrogen) atoms. The maximum absolute atomic E-state index is 8.99. The van der Waals surface area contributed by atoms with E-state index >= 15 is 0 Å². The van der Waals surface area contributed by atoms with Crippen LogP contribution < -0.4 is 0 Å². The molecule has 80 valence electrons. The largest absolute Gasteiger partial charge is 0.396 e. The van der Waals surface area contributed by atoms with Gasteiger partial charge in [0.15, 0.2) is 0 Å². The lowest BCUT2D eigenvalue weighted by atomic mass is 9.63. The van der Waals surface area contributed by atoms with E-state index in [1.165, 1.54) is 51.7 Å². The van der Waals surface area contributed by atoms with Crippen LogP contribution in [0.5, 0.6) is 0 Å². The number of hydrogen-bond donors (Lipinski definition) is 1. The zero-order chi connectivity index (χ0) is 9.65. The van der Waals surface area contributed by atoms with Crippen LogP contribution in [-0.2, 0) is 0 Å². The van der Waals surface area contributed by atoms with Crippen molar-refractivity contribution < 1.29 is 5.11 Å². The van der Waals surface area contributed by atoms with Crippen LogP contribution in [0.25, 0.3) is 0 Å². The van der Waals surface area contributed by atoms with E-state index in [4.69, 9.17) is 5.11 Å². The van der Waals surface area contributed by atoms with Crippen molar-refractivity contribution in [3.63, 3.8) is 0 Å². The zero-order valence-electron chi connectivity index (χ0n) is 8.97. The topological polar surface area (TPSA) is 23.5 Å². The first-order valence-corrected chi connectivity index (χ1v) is 6.09. The maximum atomic E-state index is 8.99. The smallest absolute Gasteiger partial charge is 0.0436 e. The highest BCUT2D eigenvalue weighted by Gasteiger charge is 2.51. The second-order valence-electron chi connectivity index (χ2n) is 5.97. The third-order valence-electron chi connectivity index (χ3n) is 4.69. The van der Waals surface area contributed by atoms with Crippen LogP contribution in [0.15, 0.2) is 0 Å². The average molecular weight is 195 g/mol. The number of likely N-dealkylation sites (tertiary alicyclic amines) is 1. The zero-order valence-corrected chi connectivity index (χ0v) is 8.97. The molecular weight excluding hydrogens is 174 g/mol. The number of aliphatic hydroxyl groups is 1. The molecule has 3 fully saturated rings. The Morgan fingerprint density at radius 1 is 1.07 bits per heavy atom. The van der Waals surface area contributed by atoms with Gasteiger partial charge in [-0.15, -0.1) is 0 Å². The van der Waals surface area contributed by atoms with E-state index in [2.05, 4.69) is 4.90 Å². The van der Waals surface area contributed by atoms with Crippen molar-refractivity contribution in [3.05, 3.63) is 0 Å². The molecule has 3 aliphatic rings. The van der Waals surface area contributed by atoms with Crippen molar-refractivity contribution in [2.45, 2.75) is 38.5 Å². The second-order valence-corrected chi connectivity index (χ2v) is 5.97. The summed E-state index contributed by atoms with van der Waals surface area (Å²) in [6, 6.07) is 0. The van der Waals surface area contributed by atoms with Crippen LogP contribution in [-0.4, -0.2) is 36.2 Å². The highest BCUT2D eigenvalue weighted by Crippen LogP contribution is 2.53. The highest BCUT2D eigenvalue weighted by atomic mass is 16.3. The summed E-state index contributed by atoms with van der Waals surface area (Å²) in [6.45, 7) is 4.38. The fourth-order valence-electron chi connectivity index (χ4n) is 3.38. The molecule has 1 aliphatic heterocycles. The lowest BCUT2D eigenvalue weighted by Crippen LogP contribution is -2.60. The van der Waals surface area contributed by atoms with E-state index in [1.807, 2.05) is 0 Å². The summed E-state index contributed by atoms with van der Waals surface area (Å²) >= 11 is 0. The van der Waals surface area contributed by atoms with E-state index in [0.29, 0.717) is 12.0 Å². The van der Waals surface area contributed by atoms with Gasteiger partial charge in [-0.25, -0.2) is 0 Å². The molecule has 1 N–H and O–H groups in total. The summed E-state index contributed by atoms with van der Waals surface area (Å²) < 4.78 is 0. The summed E-state index contributed by atoms with van der Waals surface area (Å²) in [6.07, 6.45) is 8.19. The van der Waals surface area contributed by atoms with Gasteiger partial charge in [0.05, 0.1) is 0 Å². The molecule has 1 heterocycles. The highest BCUT2D eigenvalue weighted by molar-refractivity contribution is 5.04. The van der Waals surface area contributed by atoms with Gasteiger partial charge in [0.25, 0.3) is 0 Å². The van der Waals surface area contributed by atoms with Crippen LogP contribution >= 0.6 is 0 Å². The van der Waals surface area contributed by atoms with Crippen LogP contribution in [0.2, 0.25) is 0 Å². The molecule has 2 saturated carbocycles. The molecule has 0 amide bonds. The quantitative estimate of drug-likeness (QED) is 0.737. The van der Waals surface area contributed by atoms with Crippen LogP contribution in [0, 0.1) is 10.8 Å². The van der Waals surface area contributed by atoms with Gasteiger partial charge < -0.3 is 10.0 Å². The molecule has 2 aliphatic carbocycles. The van der Waals surface area contributed by atoms with Gasteiger partial charge in [-0.1, -0.05) is 6.42 Å². The molecule has 1 saturated heterocycles. The van der Waals surface area contributed by atoms with Crippen LogP contribution in [0.4, 0.5) is 0 Å². The van der Waals surface area contributed by atoms with Gasteiger partial charge in [-0.2, -0.15) is 0 Å². The predicted octanol–water partition coefficient (Wildman–Crippen LogP) is 1.63. The minimum atomic E-state index is 0.388. The number of rotatable bonds is 4. The minimum Gasteiger partial charge on any atom is -0.396 e. The Bertz CT molecular complexity index is 222. The van der Waals surface area contributed by atoms with Gasteiger partial charge in [0, 0.05) is 26.2 Å². The normalized spacial score (nSPS) is 32.4. The van der Waals surface area contributed by atoms with Crippen molar-refractivity contribution in [2.75, 3.05) is 26.2 Å². The molecule has 0 aromatic heterocycles. The van der Waals surface area contributed by atoms with Crippen molar-refractivity contribution in [1.82, 2.24) is 4.90 Å². The Morgan fingerprint density at radius 3 is 2.21 bits per heavy atom. The molecule has 0 radical (unpaired) electrons. The minimum absolute atomic E-state index is 0.388. The average Bonchev–Trinajstić information content (AvgIpc) is 2.74. The summed E-state index contributed by atoms with van der Waals surface area (Å²) in [5.41, 5.74) is 1.31. The molecule has 2 heteroatoms. The third kappa shape index (κ3) is 1.40. The SMILES string of the molecule is OCCC1(CN2CC3(CCC3)C2)CC1. The summed E-state index contributed by atoms with van der Waals surface area (Å²) in [7, 11) is 0. The van der Waals surface area contributed by atoms with Crippen LogP contribution in [0.3, 0.4) is 0 Å². The summed E-state index contributed by atoms with van der Waals surface area (Å²) in [4.78, 5) is 2.63. The Balaban J connectivity index is 1.46. The van der Waals surface area contributed by atoms with Gasteiger partial charge in [0.1, 0.15) is 0 Å². The molecule has 3 rings (SSSR count). The Labute approximate surface area is 86.3 Å². The van der Waals surface area contributed by atoms with E-state index in [-0.39, 0.29) is 0 Å². The van der Waals surface area contributed by atoms with Crippen molar-refractivity contribution >= 4 is 0 Å². The lowest BCUT2D eigenvalue weighted by Gasteiger charge is -2.57. The Kier molecular flexibility index (Phi) is 1.94. The number of aliphatic hydroxyl groups excluding tert-OH is 1. The molecule has 0 aromatic rings. The van der Waals surface area contributed by atoms with E-state index < -0.39 is 0 Å². The molecule has 2 nitrogen and oxygen atoms in total. The molecule has 0 bridgehead atoms. The molecule has 0 atom stereocenters. The summed E-state index contributed by atoms with van der Waals surface area (Å²) in [5, 5.41) is 8.99. The lowest BCUT2D eigenvalue weighted by molar-refractivity contribution is -0.0699. The first-order valence-electron chi connectivity index (χ1n) is 6.09. The molecule has 0 aromatic carbocycles. The second kappa shape index (κ2) is 2.96. The van der Waals surface area contributed by atoms with E-state index in [0.717, 1.165) is 11.8 Å². The predicted molar refractivity (Wildman–Crippen MR) is 56.1 cm³/mol. The van der Waals surface area contributed by atoms with Crippen LogP contribution in [0.1, 0.15) is 38.5 Å². The maximum Gasteiger partial charge on any atom is 0.0436 e. The van der Waals surface area contributed by atoms with E-state index in [1.54, 1.807) is 0 Å². The fourth-order valence-corrected chi connectivity index (χ4v) is 3.38. The monoisotopic (exact) mass is 195 g/mol. The van der Waals surface area contributed by atoms with E-state index in [9.17, 15) is 0 Å². The molecule has 0 unspecified atom stereocenters. The first kappa shape index (κ1) is 9.17. The fraction of sp³-hybridized carbons (Fsp3) is 1.00. The number of nitrogens with zero attached hydrogens (tertiary/aromatic N) is 1. The van der Waals surface area contributed by atoms with Crippen molar-refractivity contribution in [3.8, 4) is 0 Å².